The van der Waals surface area contributed by atoms with Crippen molar-refractivity contribution < 1.29 is 9.47 Å². The second-order valence-electron chi connectivity index (χ2n) is 4.85. The highest BCUT2D eigenvalue weighted by atomic mass is 16.5. The van der Waals surface area contributed by atoms with Gasteiger partial charge in [-0.3, -0.25) is 0 Å². The standard InChI is InChI=1S/C15H23NO2/c1-3-16-10-15(18-11-12-4-5-12)13-6-8-14(17-2)9-7-13/h6-9,12,15-16H,3-5,10-11H2,1-2H3. The van der Waals surface area contributed by atoms with E-state index in [1.54, 1.807) is 7.11 Å². The van der Waals surface area contributed by atoms with Crippen LogP contribution < -0.4 is 10.1 Å². The maximum Gasteiger partial charge on any atom is 0.118 e. The van der Waals surface area contributed by atoms with Crippen molar-refractivity contribution in [1.82, 2.24) is 5.32 Å². The second kappa shape index (κ2) is 6.76. The van der Waals surface area contributed by atoms with Crippen LogP contribution in [-0.2, 0) is 4.74 Å². The Labute approximate surface area is 109 Å². The molecule has 0 bridgehead atoms. The molecule has 0 heterocycles. The predicted molar refractivity (Wildman–Crippen MR) is 73.0 cm³/mol. The topological polar surface area (TPSA) is 30.5 Å². The van der Waals surface area contributed by atoms with E-state index in [0.29, 0.717) is 0 Å². The number of methoxy groups -OCH3 is 1. The van der Waals surface area contributed by atoms with Gasteiger partial charge >= 0.3 is 0 Å². The molecule has 1 aliphatic rings. The molecule has 1 unspecified atom stereocenters. The van der Waals surface area contributed by atoms with E-state index in [4.69, 9.17) is 9.47 Å². The lowest BCUT2D eigenvalue weighted by Gasteiger charge is -2.19. The Bertz CT molecular complexity index is 346. The molecule has 0 amide bonds. The van der Waals surface area contributed by atoms with Gasteiger partial charge in [-0.2, -0.15) is 0 Å². The fourth-order valence-electron chi connectivity index (χ4n) is 1.90. The fraction of sp³-hybridized carbons (Fsp3) is 0.600. The summed E-state index contributed by atoms with van der Waals surface area (Å²) in [5.74, 6) is 1.69. The lowest BCUT2D eigenvalue weighted by atomic mass is 10.1. The molecule has 2 rings (SSSR count). The molecule has 0 aliphatic heterocycles. The normalized spacial score (nSPS) is 16.6. The van der Waals surface area contributed by atoms with Crippen molar-refractivity contribution in [2.75, 3.05) is 26.8 Å². The van der Waals surface area contributed by atoms with E-state index < -0.39 is 0 Å². The van der Waals surface area contributed by atoms with Gasteiger partial charge < -0.3 is 14.8 Å². The summed E-state index contributed by atoms with van der Waals surface area (Å²) < 4.78 is 11.2. The van der Waals surface area contributed by atoms with Crippen LogP contribution in [0.3, 0.4) is 0 Å². The second-order valence-corrected chi connectivity index (χ2v) is 4.85. The Morgan fingerprint density at radius 2 is 2.00 bits per heavy atom. The average Bonchev–Trinajstić information content (AvgIpc) is 3.23. The summed E-state index contributed by atoms with van der Waals surface area (Å²) in [4.78, 5) is 0. The molecule has 1 fully saturated rings. The summed E-state index contributed by atoms with van der Waals surface area (Å²) in [6.45, 7) is 4.85. The minimum atomic E-state index is 0.149. The van der Waals surface area contributed by atoms with Crippen LogP contribution in [0, 0.1) is 5.92 Å². The minimum absolute atomic E-state index is 0.149. The molecule has 1 aromatic carbocycles. The third kappa shape index (κ3) is 4.00. The van der Waals surface area contributed by atoms with Gasteiger partial charge in [0, 0.05) is 6.54 Å². The maximum absolute atomic E-state index is 6.02. The van der Waals surface area contributed by atoms with Gasteiger partial charge in [-0.25, -0.2) is 0 Å². The Morgan fingerprint density at radius 3 is 2.56 bits per heavy atom. The van der Waals surface area contributed by atoms with Crippen LogP contribution in [0.5, 0.6) is 5.75 Å². The molecule has 0 aromatic heterocycles. The van der Waals surface area contributed by atoms with Crippen LogP contribution in [-0.4, -0.2) is 26.8 Å². The predicted octanol–water partition coefficient (Wildman–Crippen LogP) is 2.77. The Balaban J connectivity index is 1.94. The van der Waals surface area contributed by atoms with E-state index in [0.717, 1.165) is 31.4 Å². The van der Waals surface area contributed by atoms with Gasteiger partial charge in [0.15, 0.2) is 0 Å². The van der Waals surface area contributed by atoms with Gasteiger partial charge in [0.1, 0.15) is 5.75 Å². The first-order valence-corrected chi connectivity index (χ1v) is 6.79. The Morgan fingerprint density at radius 1 is 1.28 bits per heavy atom. The van der Waals surface area contributed by atoms with Crippen LogP contribution in [0.1, 0.15) is 31.4 Å². The number of hydrogen-bond donors (Lipinski definition) is 1. The number of hydrogen-bond acceptors (Lipinski definition) is 3. The number of nitrogens with one attached hydrogen (secondary N) is 1. The van der Waals surface area contributed by atoms with Crippen molar-refractivity contribution in [3.05, 3.63) is 29.8 Å². The lowest BCUT2D eigenvalue weighted by Crippen LogP contribution is -2.23. The molecule has 0 radical (unpaired) electrons. The number of likely N-dealkylation sites (N-methyl/N-ethyl adjacent to an activating group) is 1. The molecule has 0 spiro atoms. The zero-order valence-electron chi connectivity index (χ0n) is 11.3. The van der Waals surface area contributed by atoms with E-state index in [1.165, 1.54) is 18.4 Å². The first kappa shape index (κ1) is 13.4. The van der Waals surface area contributed by atoms with Crippen molar-refractivity contribution in [3.8, 4) is 5.75 Å². The molecule has 3 heteroatoms. The zero-order valence-corrected chi connectivity index (χ0v) is 11.3. The first-order valence-electron chi connectivity index (χ1n) is 6.79. The van der Waals surface area contributed by atoms with E-state index in [9.17, 15) is 0 Å². The summed E-state index contributed by atoms with van der Waals surface area (Å²) >= 11 is 0. The number of rotatable bonds is 8. The molecular formula is C15H23NO2. The van der Waals surface area contributed by atoms with E-state index in [2.05, 4.69) is 24.4 Å². The van der Waals surface area contributed by atoms with Gasteiger partial charge in [0.2, 0.25) is 0 Å². The van der Waals surface area contributed by atoms with Crippen molar-refractivity contribution in [2.24, 2.45) is 5.92 Å². The van der Waals surface area contributed by atoms with Crippen molar-refractivity contribution in [1.29, 1.82) is 0 Å². The van der Waals surface area contributed by atoms with Gasteiger partial charge in [0.25, 0.3) is 0 Å². The molecule has 3 nitrogen and oxygen atoms in total. The van der Waals surface area contributed by atoms with Gasteiger partial charge in [-0.1, -0.05) is 19.1 Å². The van der Waals surface area contributed by atoms with Gasteiger partial charge in [0.05, 0.1) is 19.8 Å². The van der Waals surface area contributed by atoms with E-state index in [-0.39, 0.29) is 6.10 Å². The van der Waals surface area contributed by atoms with Crippen LogP contribution in [0.25, 0.3) is 0 Å². The number of ether oxygens (including phenoxy) is 2. The molecule has 1 atom stereocenters. The zero-order chi connectivity index (χ0) is 12.8. The van der Waals surface area contributed by atoms with Crippen LogP contribution >= 0.6 is 0 Å². The molecule has 0 saturated heterocycles. The van der Waals surface area contributed by atoms with Gasteiger partial charge in [-0.15, -0.1) is 0 Å². The molecule has 1 N–H and O–H groups in total. The fourth-order valence-corrected chi connectivity index (χ4v) is 1.90. The Kier molecular flexibility index (Phi) is 5.02. The highest BCUT2D eigenvalue weighted by Gasteiger charge is 2.23. The molecular weight excluding hydrogens is 226 g/mol. The van der Waals surface area contributed by atoms with Gasteiger partial charge in [-0.05, 0) is 43.0 Å². The molecule has 1 saturated carbocycles. The van der Waals surface area contributed by atoms with E-state index >= 15 is 0 Å². The SMILES string of the molecule is CCNCC(OCC1CC1)c1ccc(OC)cc1. The largest absolute Gasteiger partial charge is 0.497 e. The molecule has 1 aromatic rings. The van der Waals surface area contributed by atoms with Crippen LogP contribution in [0.15, 0.2) is 24.3 Å². The third-order valence-electron chi connectivity index (χ3n) is 3.30. The van der Waals surface area contributed by atoms with Crippen molar-refractivity contribution in [2.45, 2.75) is 25.9 Å². The quantitative estimate of drug-likeness (QED) is 0.768. The van der Waals surface area contributed by atoms with Crippen molar-refractivity contribution >= 4 is 0 Å². The summed E-state index contributed by atoms with van der Waals surface area (Å²) in [7, 11) is 1.69. The van der Waals surface area contributed by atoms with Crippen LogP contribution in [0.4, 0.5) is 0 Å². The monoisotopic (exact) mass is 249 g/mol. The van der Waals surface area contributed by atoms with Crippen LogP contribution in [0.2, 0.25) is 0 Å². The molecule has 100 valence electrons. The summed E-state index contributed by atoms with van der Waals surface area (Å²) in [6, 6.07) is 8.17. The summed E-state index contributed by atoms with van der Waals surface area (Å²) in [6.07, 6.45) is 2.81. The third-order valence-corrected chi connectivity index (χ3v) is 3.30. The maximum atomic E-state index is 6.02. The lowest BCUT2D eigenvalue weighted by molar-refractivity contribution is 0.0455. The summed E-state index contributed by atoms with van der Waals surface area (Å²) in [5.41, 5.74) is 1.22. The first-order chi connectivity index (χ1) is 8.83. The van der Waals surface area contributed by atoms with E-state index in [1.807, 2.05) is 12.1 Å². The molecule has 1 aliphatic carbocycles. The highest BCUT2D eigenvalue weighted by Crippen LogP contribution is 2.31. The highest BCUT2D eigenvalue weighted by molar-refractivity contribution is 5.28. The summed E-state index contributed by atoms with van der Waals surface area (Å²) in [5, 5.41) is 3.36. The van der Waals surface area contributed by atoms with Crippen molar-refractivity contribution in [3.63, 3.8) is 0 Å². The Hall–Kier alpha value is -1.06. The number of benzene rings is 1. The molecule has 18 heavy (non-hydrogen) atoms. The minimum Gasteiger partial charge on any atom is -0.497 e. The average molecular weight is 249 g/mol. The smallest absolute Gasteiger partial charge is 0.118 e.